The van der Waals surface area contributed by atoms with Crippen LogP contribution in [0, 0.1) is 0 Å². The number of carbonyl (C=O) groups is 1. The van der Waals surface area contributed by atoms with Gasteiger partial charge in [0, 0.05) is 6.42 Å². The number of carbonyl (C=O) groups excluding carboxylic acids is 1. The summed E-state index contributed by atoms with van der Waals surface area (Å²) in [6, 6.07) is 29.4. The highest BCUT2D eigenvalue weighted by Crippen LogP contribution is 2.27. The fraction of sp³-hybridized carbons (Fsp3) is 0.143. The molecule has 34 heavy (non-hydrogen) atoms. The Bertz CT molecular complexity index is 1290. The molecule has 1 amide bonds. The largest absolute Gasteiger partial charge is 0.488 e. The van der Waals surface area contributed by atoms with Crippen molar-refractivity contribution in [3.05, 3.63) is 112 Å². The number of fused-ring (bicyclic) bond motifs is 1. The second-order valence-corrected chi connectivity index (χ2v) is 8.73. The molecule has 4 aromatic rings. The zero-order chi connectivity index (χ0) is 23.8. The molecule has 0 aliphatic heterocycles. The number of amides is 1. The van der Waals surface area contributed by atoms with Crippen molar-refractivity contribution >= 4 is 38.8 Å². The summed E-state index contributed by atoms with van der Waals surface area (Å²) in [5.74, 6) is 0.476. The van der Waals surface area contributed by atoms with Crippen molar-refractivity contribution in [2.24, 2.45) is 5.10 Å². The van der Waals surface area contributed by atoms with Crippen LogP contribution in [0.5, 0.6) is 5.75 Å². The zero-order valence-corrected chi connectivity index (χ0v) is 20.1. The fourth-order valence-electron chi connectivity index (χ4n) is 3.63. The number of hydrogen-bond donors (Lipinski definition) is 2. The molecule has 4 aromatic carbocycles. The Hall–Kier alpha value is -3.48. The molecule has 4 rings (SSSR count). The van der Waals surface area contributed by atoms with Crippen LogP contribution in [0.1, 0.15) is 35.6 Å². The molecule has 6 heteroatoms. The standard InChI is InChI=1S/C28H25BrN2O3/c29-25-17-20(18-30-31-28(33)16-14-26(32)22-8-2-1-3-9-22)13-15-27(25)34-19-23-11-6-10-21-7-4-5-12-24(21)23/h1-13,15,17-18,26,32H,14,16,19H2,(H,31,33)/b30-18-/t26-/m0/s1. The lowest BCUT2D eigenvalue weighted by Crippen LogP contribution is -2.18. The summed E-state index contributed by atoms with van der Waals surface area (Å²) in [5.41, 5.74) is 5.24. The van der Waals surface area contributed by atoms with Crippen molar-refractivity contribution in [1.82, 2.24) is 5.43 Å². The van der Waals surface area contributed by atoms with Crippen LogP contribution in [0.2, 0.25) is 0 Å². The first-order valence-corrected chi connectivity index (χ1v) is 11.8. The Kier molecular flexibility index (Phi) is 8.07. The number of nitrogens with zero attached hydrogens (tertiary/aromatic N) is 1. The average Bonchev–Trinajstić information content (AvgIpc) is 2.87. The van der Waals surface area contributed by atoms with Crippen molar-refractivity contribution in [3.8, 4) is 5.75 Å². The van der Waals surface area contributed by atoms with Crippen molar-refractivity contribution in [3.63, 3.8) is 0 Å². The first kappa shape index (κ1) is 23.7. The van der Waals surface area contributed by atoms with Crippen LogP contribution in [0.25, 0.3) is 10.8 Å². The van der Waals surface area contributed by atoms with E-state index in [9.17, 15) is 9.90 Å². The second-order valence-electron chi connectivity index (χ2n) is 7.88. The minimum atomic E-state index is -0.673. The lowest BCUT2D eigenvalue weighted by molar-refractivity contribution is -0.121. The summed E-state index contributed by atoms with van der Waals surface area (Å²) in [6.07, 6.45) is 1.41. The van der Waals surface area contributed by atoms with Crippen molar-refractivity contribution in [2.75, 3.05) is 0 Å². The van der Waals surface area contributed by atoms with Crippen LogP contribution < -0.4 is 10.2 Å². The van der Waals surface area contributed by atoms with Crippen LogP contribution in [0.4, 0.5) is 0 Å². The number of hydrazone groups is 1. The van der Waals surface area contributed by atoms with E-state index in [4.69, 9.17) is 4.74 Å². The van der Waals surface area contributed by atoms with E-state index in [1.54, 1.807) is 6.21 Å². The van der Waals surface area contributed by atoms with Crippen molar-refractivity contribution in [2.45, 2.75) is 25.6 Å². The molecule has 0 fully saturated rings. The number of aliphatic hydroxyl groups excluding tert-OH is 1. The molecule has 0 aromatic heterocycles. The maximum atomic E-state index is 12.0. The van der Waals surface area contributed by atoms with Crippen LogP contribution in [-0.4, -0.2) is 17.2 Å². The van der Waals surface area contributed by atoms with Gasteiger partial charge in [-0.2, -0.15) is 5.10 Å². The highest BCUT2D eigenvalue weighted by atomic mass is 79.9. The summed E-state index contributed by atoms with van der Waals surface area (Å²) < 4.78 is 6.83. The third-order valence-electron chi connectivity index (χ3n) is 5.45. The van der Waals surface area contributed by atoms with Crippen LogP contribution in [-0.2, 0) is 11.4 Å². The van der Waals surface area contributed by atoms with Gasteiger partial charge in [0.1, 0.15) is 12.4 Å². The molecule has 0 bridgehead atoms. The summed E-state index contributed by atoms with van der Waals surface area (Å²) in [5, 5.41) is 16.5. The van der Waals surface area contributed by atoms with Crippen LogP contribution >= 0.6 is 15.9 Å². The molecule has 0 heterocycles. The minimum absolute atomic E-state index is 0.179. The SMILES string of the molecule is O=C(CC[C@H](O)c1ccccc1)N/N=C\c1ccc(OCc2cccc3ccccc23)c(Br)c1. The molecule has 0 saturated heterocycles. The van der Waals surface area contributed by atoms with Crippen LogP contribution in [0.15, 0.2) is 101 Å². The van der Waals surface area contributed by atoms with E-state index in [-0.39, 0.29) is 12.3 Å². The second kappa shape index (κ2) is 11.6. The van der Waals surface area contributed by atoms with Gasteiger partial charge in [0.05, 0.1) is 16.8 Å². The first-order chi connectivity index (χ1) is 16.6. The maximum absolute atomic E-state index is 12.0. The molecule has 2 N–H and O–H groups in total. The molecule has 1 atom stereocenters. The Morgan fingerprint density at radius 2 is 1.76 bits per heavy atom. The fourth-order valence-corrected chi connectivity index (χ4v) is 4.14. The smallest absolute Gasteiger partial charge is 0.240 e. The third kappa shape index (κ3) is 6.31. The van der Waals surface area contributed by atoms with Gasteiger partial charge in [0.15, 0.2) is 0 Å². The van der Waals surface area contributed by atoms with Crippen molar-refractivity contribution < 1.29 is 14.6 Å². The third-order valence-corrected chi connectivity index (χ3v) is 6.07. The van der Waals surface area contributed by atoms with Gasteiger partial charge in [-0.3, -0.25) is 4.79 Å². The molecule has 0 aliphatic rings. The quantitative estimate of drug-likeness (QED) is 0.207. The number of hydrogen-bond acceptors (Lipinski definition) is 4. The molecule has 0 saturated carbocycles. The molecule has 0 radical (unpaired) electrons. The van der Waals surface area contributed by atoms with E-state index in [0.29, 0.717) is 13.0 Å². The highest BCUT2D eigenvalue weighted by molar-refractivity contribution is 9.10. The summed E-state index contributed by atoms with van der Waals surface area (Å²) >= 11 is 3.55. The van der Waals surface area contributed by atoms with E-state index in [1.807, 2.05) is 66.7 Å². The Balaban J connectivity index is 1.28. The maximum Gasteiger partial charge on any atom is 0.240 e. The normalized spacial score (nSPS) is 12.1. The van der Waals surface area contributed by atoms with Gasteiger partial charge >= 0.3 is 0 Å². The van der Waals surface area contributed by atoms with E-state index >= 15 is 0 Å². The van der Waals surface area contributed by atoms with E-state index in [2.05, 4.69) is 50.7 Å². The molecule has 0 spiro atoms. The lowest BCUT2D eigenvalue weighted by Gasteiger charge is -2.11. The Morgan fingerprint density at radius 1 is 1.00 bits per heavy atom. The van der Waals surface area contributed by atoms with Gasteiger partial charge in [-0.15, -0.1) is 0 Å². The Morgan fingerprint density at radius 3 is 2.59 bits per heavy atom. The average molecular weight is 517 g/mol. The summed E-state index contributed by atoms with van der Waals surface area (Å²) in [4.78, 5) is 12.0. The molecule has 0 unspecified atom stereocenters. The van der Waals surface area contributed by atoms with Gasteiger partial charge < -0.3 is 9.84 Å². The number of aliphatic hydroxyl groups is 1. The zero-order valence-electron chi connectivity index (χ0n) is 18.5. The summed E-state index contributed by atoms with van der Waals surface area (Å²) in [6.45, 7) is 0.457. The van der Waals surface area contributed by atoms with Gasteiger partial charge in [-0.1, -0.05) is 72.8 Å². The van der Waals surface area contributed by atoms with E-state index in [0.717, 1.165) is 26.9 Å². The van der Waals surface area contributed by atoms with Gasteiger partial charge in [0.25, 0.3) is 0 Å². The molecule has 172 valence electrons. The predicted octanol–water partition coefficient (Wildman–Crippen LogP) is 6.15. The van der Waals surface area contributed by atoms with E-state index in [1.165, 1.54) is 10.8 Å². The summed E-state index contributed by atoms with van der Waals surface area (Å²) in [7, 11) is 0. The molecule has 0 aliphatic carbocycles. The molecule has 5 nitrogen and oxygen atoms in total. The number of ether oxygens (including phenoxy) is 1. The first-order valence-electron chi connectivity index (χ1n) is 11.0. The number of rotatable bonds is 9. The molecular formula is C28H25BrN2O3. The highest BCUT2D eigenvalue weighted by Gasteiger charge is 2.10. The lowest BCUT2D eigenvalue weighted by atomic mass is 10.1. The van der Waals surface area contributed by atoms with Gasteiger partial charge in [-0.05, 0) is 68.0 Å². The number of halogens is 1. The van der Waals surface area contributed by atoms with Gasteiger partial charge in [-0.25, -0.2) is 5.43 Å². The number of nitrogens with one attached hydrogen (secondary N) is 1. The Labute approximate surface area is 207 Å². The number of benzene rings is 4. The topological polar surface area (TPSA) is 70.9 Å². The van der Waals surface area contributed by atoms with Crippen LogP contribution in [0.3, 0.4) is 0 Å². The van der Waals surface area contributed by atoms with E-state index < -0.39 is 6.10 Å². The van der Waals surface area contributed by atoms with Gasteiger partial charge in [0.2, 0.25) is 5.91 Å². The van der Waals surface area contributed by atoms with Crippen molar-refractivity contribution in [1.29, 1.82) is 0 Å². The predicted molar refractivity (Wildman–Crippen MR) is 139 cm³/mol. The monoisotopic (exact) mass is 516 g/mol. The minimum Gasteiger partial charge on any atom is -0.488 e. The molecular weight excluding hydrogens is 492 g/mol.